The Morgan fingerprint density at radius 2 is 0.958 bits per heavy atom. The highest BCUT2D eigenvalue weighted by molar-refractivity contribution is 6.47. The fraction of sp³-hybridized carbons (Fsp3) is 0.529. The number of hydrogen-bond donors (Lipinski definition) is 0. The highest BCUT2D eigenvalue weighted by Crippen LogP contribution is 2.51. The lowest BCUT2D eigenvalue weighted by Crippen LogP contribution is -2.36. The molecule has 14 heteroatoms. The van der Waals surface area contributed by atoms with Gasteiger partial charge in [-0.15, -0.1) is 0 Å². The number of esters is 4. The summed E-state index contributed by atoms with van der Waals surface area (Å²) >= 11 is 37.5. The standard InChI is InChI=1S/C34H36Cl6O8/c1-5-33(13-17(3)14-33)7-9-45-29(41)23-25(39)19(35)11-21(37)27(23)47-31(43)32(44)48-28-22(38)12-20(36)26(40)24(28)30(42)46-10-8-34(6-2)15-18(4)16-34/h11-12,17-18H,5-10,13-16H2,1-4H3. The monoisotopic (exact) mass is 782 g/mol. The first-order valence-corrected chi connectivity index (χ1v) is 18.0. The van der Waals surface area contributed by atoms with E-state index in [0.29, 0.717) is 24.7 Å². The second kappa shape index (κ2) is 15.9. The predicted molar refractivity (Wildman–Crippen MR) is 186 cm³/mol. The van der Waals surface area contributed by atoms with Crippen LogP contribution in [-0.2, 0) is 19.1 Å². The van der Waals surface area contributed by atoms with Crippen LogP contribution < -0.4 is 9.47 Å². The Morgan fingerprint density at radius 3 is 1.25 bits per heavy atom. The maximum Gasteiger partial charge on any atom is 0.423 e. The molecule has 48 heavy (non-hydrogen) atoms. The minimum absolute atomic E-state index is 0.0720. The number of benzene rings is 2. The maximum absolute atomic E-state index is 13.2. The van der Waals surface area contributed by atoms with Crippen LogP contribution in [0.1, 0.15) is 99.8 Å². The molecule has 2 fully saturated rings. The van der Waals surface area contributed by atoms with Crippen molar-refractivity contribution in [1.82, 2.24) is 0 Å². The van der Waals surface area contributed by atoms with E-state index in [-0.39, 0.29) is 54.2 Å². The number of hydrogen-bond acceptors (Lipinski definition) is 8. The fourth-order valence-electron chi connectivity index (χ4n) is 7.03. The van der Waals surface area contributed by atoms with Crippen molar-refractivity contribution in [1.29, 1.82) is 0 Å². The van der Waals surface area contributed by atoms with Gasteiger partial charge in [0, 0.05) is 0 Å². The normalized spacial score (nSPS) is 23.0. The Kier molecular flexibility index (Phi) is 12.9. The third-order valence-electron chi connectivity index (χ3n) is 9.57. The Hall–Kier alpha value is -1.94. The summed E-state index contributed by atoms with van der Waals surface area (Å²) in [4.78, 5) is 52.4. The van der Waals surface area contributed by atoms with Crippen molar-refractivity contribution in [3.63, 3.8) is 0 Å². The van der Waals surface area contributed by atoms with E-state index in [2.05, 4.69) is 27.7 Å². The van der Waals surface area contributed by atoms with Crippen LogP contribution in [0.5, 0.6) is 11.5 Å². The summed E-state index contributed by atoms with van der Waals surface area (Å²) in [6, 6.07) is 2.27. The summed E-state index contributed by atoms with van der Waals surface area (Å²) < 4.78 is 21.4. The molecule has 262 valence electrons. The smallest absolute Gasteiger partial charge is 0.423 e. The molecule has 2 saturated carbocycles. The Morgan fingerprint density at radius 1 is 0.625 bits per heavy atom. The molecule has 0 aromatic heterocycles. The number of halogens is 6. The fourth-order valence-corrected chi connectivity index (χ4v) is 8.47. The predicted octanol–water partition coefficient (Wildman–Crippen LogP) is 10.9. The summed E-state index contributed by atoms with van der Waals surface area (Å²) in [5.74, 6) is -5.14. The van der Waals surface area contributed by atoms with Crippen LogP contribution in [0.3, 0.4) is 0 Å². The lowest BCUT2D eigenvalue weighted by molar-refractivity contribution is -0.156. The third-order valence-corrected chi connectivity index (χ3v) is 11.7. The summed E-state index contributed by atoms with van der Waals surface area (Å²) in [5.41, 5.74) is -0.743. The summed E-state index contributed by atoms with van der Waals surface area (Å²) in [7, 11) is 0. The van der Waals surface area contributed by atoms with Crippen molar-refractivity contribution in [2.75, 3.05) is 13.2 Å². The van der Waals surface area contributed by atoms with Gasteiger partial charge in [-0.1, -0.05) is 110 Å². The van der Waals surface area contributed by atoms with Crippen LogP contribution in [0, 0.1) is 22.7 Å². The molecular weight excluding hydrogens is 749 g/mol. The molecule has 0 unspecified atom stereocenters. The minimum Gasteiger partial charge on any atom is -0.462 e. The average molecular weight is 785 g/mol. The first-order valence-electron chi connectivity index (χ1n) is 15.7. The van der Waals surface area contributed by atoms with Crippen molar-refractivity contribution in [3.05, 3.63) is 53.4 Å². The SMILES string of the molecule is CCC1(CCOC(=O)c2c(Cl)c(Cl)cc(Cl)c2OC(=O)C(=O)Oc2c(Cl)cc(Cl)c(Cl)c2C(=O)OCCC2(CC)CC(C)C2)CC(C)C1. The molecule has 8 nitrogen and oxygen atoms in total. The molecule has 0 heterocycles. The van der Waals surface area contributed by atoms with Crippen molar-refractivity contribution < 1.29 is 38.1 Å². The van der Waals surface area contributed by atoms with E-state index in [9.17, 15) is 19.2 Å². The van der Waals surface area contributed by atoms with Gasteiger partial charge in [0.1, 0.15) is 11.1 Å². The number of ether oxygens (including phenoxy) is 4. The molecule has 0 amide bonds. The third kappa shape index (κ3) is 8.50. The van der Waals surface area contributed by atoms with Crippen LogP contribution >= 0.6 is 69.6 Å². The van der Waals surface area contributed by atoms with Gasteiger partial charge in [-0.25, -0.2) is 19.2 Å². The van der Waals surface area contributed by atoms with E-state index < -0.39 is 46.5 Å². The molecule has 0 radical (unpaired) electrons. The summed E-state index contributed by atoms with van der Waals surface area (Å²) in [6.45, 7) is 8.66. The van der Waals surface area contributed by atoms with Gasteiger partial charge in [0.15, 0.2) is 11.5 Å². The molecule has 0 aliphatic heterocycles. The second-order valence-corrected chi connectivity index (χ2v) is 15.4. The molecule has 2 aromatic rings. The van der Waals surface area contributed by atoms with Crippen LogP contribution in [0.4, 0.5) is 0 Å². The van der Waals surface area contributed by atoms with E-state index in [1.165, 1.54) is 0 Å². The van der Waals surface area contributed by atoms with Crippen molar-refractivity contribution in [2.24, 2.45) is 22.7 Å². The Bertz CT molecular complexity index is 1480. The topological polar surface area (TPSA) is 105 Å². The molecule has 4 rings (SSSR count). The van der Waals surface area contributed by atoms with Crippen molar-refractivity contribution in [3.8, 4) is 11.5 Å². The van der Waals surface area contributed by atoms with E-state index in [0.717, 1.165) is 50.7 Å². The minimum atomic E-state index is -1.64. The van der Waals surface area contributed by atoms with Gasteiger partial charge in [-0.3, -0.25) is 0 Å². The molecule has 2 aliphatic rings. The van der Waals surface area contributed by atoms with Gasteiger partial charge in [-0.2, -0.15) is 0 Å². The number of carbonyl (C=O) groups is 4. The highest BCUT2D eigenvalue weighted by Gasteiger charge is 2.41. The van der Waals surface area contributed by atoms with Crippen LogP contribution in [-0.4, -0.2) is 37.1 Å². The molecule has 2 aliphatic carbocycles. The Labute approximate surface area is 309 Å². The Balaban J connectivity index is 1.50. The molecule has 0 spiro atoms. The average Bonchev–Trinajstić information content (AvgIpc) is 3.00. The second-order valence-electron chi connectivity index (χ2n) is 13.0. The summed E-state index contributed by atoms with van der Waals surface area (Å²) in [5, 5.41) is -1.45. The van der Waals surface area contributed by atoms with E-state index in [4.69, 9.17) is 88.6 Å². The van der Waals surface area contributed by atoms with Gasteiger partial charge < -0.3 is 18.9 Å². The van der Waals surface area contributed by atoms with Crippen LogP contribution in [0.15, 0.2) is 12.1 Å². The lowest BCUT2D eigenvalue weighted by atomic mass is 9.60. The molecule has 0 atom stereocenters. The van der Waals surface area contributed by atoms with Gasteiger partial charge >= 0.3 is 23.9 Å². The van der Waals surface area contributed by atoms with Crippen molar-refractivity contribution in [2.45, 2.75) is 79.1 Å². The molecule has 0 bridgehead atoms. The van der Waals surface area contributed by atoms with E-state index >= 15 is 0 Å². The summed E-state index contributed by atoms with van der Waals surface area (Å²) in [6.07, 6.45) is 7.22. The molecule has 2 aromatic carbocycles. The number of rotatable bonds is 12. The number of carbonyl (C=O) groups excluding carboxylic acids is 4. The quantitative estimate of drug-likeness (QED) is 0.0907. The van der Waals surface area contributed by atoms with Crippen LogP contribution in [0.25, 0.3) is 0 Å². The molecule has 0 N–H and O–H groups in total. The first-order chi connectivity index (χ1) is 22.6. The van der Waals surface area contributed by atoms with E-state index in [1.54, 1.807) is 0 Å². The maximum atomic E-state index is 13.2. The molecule has 0 saturated heterocycles. The first kappa shape index (κ1) is 38.9. The van der Waals surface area contributed by atoms with Gasteiger partial charge in [0.25, 0.3) is 0 Å². The lowest BCUT2D eigenvalue weighted by Gasteiger charge is -2.46. The highest BCUT2D eigenvalue weighted by atomic mass is 35.5. The zero-order chi connectivity index (χ0) is 35.6. The van der Waals surface area contributed by atoms with Crippen LogP contribution in [0.2, 0.25) is 30.1 Å². The van der Waals surface area contributed by atoms with E-state index in [1.807, 2.05) is 0 Å². The zero-order valence-electron chi connectivity index (χ0n) is 26.9. The van der Waals surface area contributed by atoms with Gasteiger partial charge in [0.2, 0.25) is 0 Å². The van der Waals surface area contributed by atoms with Gasteiger partial charge in [0.05, 0.1) is 43.3 Å². The molecular formula is C34H36Cl6O8. The largest absolute Gasteiger partial charge is 0.462 e. The zero-order valence-corrected chi connectivity index (χ0v) is 31.4. The van der Waals surface area contributed by atoms with Crippen molar-refractivity contribution >= 4 is 93.5 Å². The van der Waals surface area contributed by atoms with Gasteiger partial charge in [-0.05, 0) is 73.3 Å².